The zero-order valence-electron chi connectivity index (χ0n) is 13.7. The number of aromatic nitrogens is 3. The number of halogens is 1. The Kier molecular flexibility index (Phi) is 5.94. The predicted molar refractivity (Wildman–Crippen MR) is 101 cm³/mol. The van der Waals surface area contributed by atoms with Crippen molar-refractivity contribution in [3.63, 3.8) is 0 Å². The Morgan fingerprint density at radius 2 is 1.71 bits per heavy atom. The third-order valence-electron chi connectivity index (χ3n) is 3.73. The van der Waals surface area contributed by atoms with E-state index in [0.717, 1.165) is 41.1 Å². The minimum absolute atomic E-state index is 0.767. The lowest BCUT2D eigenvalue weighted by Gasteiger charge is -2.09. The van der Waals surface area contributed by atoms with Crippen molar-refractivity contribution in [2.24, 2.45) is 0 Å². The molecule has 5 heteroatoms. The number of hydrogen-bond donors (Lipinski definition) is 0. The van der Waals surface area contributed by atoms with E-state index in [9.17, 15) is 0 Å². The van der Waals surface area contributed by atoms with Crippen LogP contribution < -0.4 is 0 Å². The lowest BCUT2D eigenvalue weighted by Crippen LogP contribution is -2.05. The van der Waals surface area contributed by atoms with Crippen molar-refractivity contribution in [1.29, 1.82) is 0 Å². The molecule has 24 heavy (non-hydrogen) atoms. The van der Waals surface area contributed by atoms with Gasteiger partial charge in [-0.05, 0) is 29.7 Å². The monoisotopic (exact) mass is 357 g/mol. The van der Waals surface area contributed by atoms with Crippen LogP contribution in [0.4, 0.5) is 0 Å². The van der Waals surface area contributed by atoms with Gasteiger partial charge in [-0.3, -0.25) is 0 Å². The first-order valence-corrected chi connectivity index (χ1v) is 9.46. The molecule has 2 aromatic carbocycles. The van der Waals surface area contributed by atoms with Crippen molar-refractivity contribution < 1.29 is 0 Å². The molecule has 1 heterocycles. The molecule has 3 rings (SSSR count). The van der Waals surface area contributed by atoms with Crippen LogP contribution in [-0.2, 0) is 18.7 Å². The summed E-state index contributed by atoms with van der Waals surface area (Å²) in [5.41, 5.74) is 2.50. The maximum absolute atomic E-state index is 5.94. The summed E-state index contributed by atoms with van der Waals surface area (Å²) in [6, 6.07) is 18.4. The van der Waals surface area contributed by atoms with Crippen molar-refractivity contribution in [3.8, 4) is 0 Å². The molecule has 0 radical (unpaired) electrons. The molecule has 0 bridgehead atoms. The SMILES string of the molecule is CCCn1c(Cc2ccccc2)nnc1SCc1ccc(Cl)cc1. The lowest BCUT2D eigenvalue weighted by atomic mass is 10.1. The molecular formula is C19H20ClN3S. The molecule has 0 N–H and O–H groups in total. The van der Waals surface area contributed by atoms with Gasteiger partial charge in [0.05, 0.1) is 0 Å². The molecule has 0 saturated carbocycles. The average molecular weight is 358 g/mol. The number of nitrogens with zero attached hydrogens (tertiary/aromatic N) is 3. The zero-order valence-corrected chi connectivity index (χ0v) is 15.2. The Morgan fingerprint density at radius 1 is 0.958 bits per heavy atom. The van der Waals surface area contributed by atoms with Crippen LogP contribution >= 0.6 is 23.4 Å². The number of thioether (sulfide) groups is 1. The fraction of sp³-hybridized carbons (Fsp3) is 0.263. The highest BCUT2D eigenvalue weighted by Gasteiger charge is 2.12. The van der Waals surface area contributed by atoms with Gasteiger partial charge in [0.15, 0.2) is 5.16 Å². The molecule has 3 aromatic rings. The molecule has 0 aliphatic carbocycles. The first kappa shape index (κ1) is 17.1. The quantitative estimate of drug-likeness (QED) is 0.543. The van der Waals surface area contributed by atoms with Crippen LogP contribution in [0, 0.1) is 0 Å². The third-order valence-corrected chi connectivity index (χ3v) is 5.02. The van der Waals surface area contributed by atoms with Gasteiger partial charge in [-0.1, -0.05) is 72.8 Å². The molecule has 0 aliphatic heterocycles. The molecular weight excluding hydrogens is 338 g/mol. The van der Waals surface area contributed by atoms with E-state index in [1.807, 2.05) is 18.2 Å². The Balaban J connectivity index is 1.74. The van der Waals surface area contributed by atoms with Gasteiger partial charge in [0.2, 0.25) is 0 Å². The fourth-order valence-corrected chi connectivity index (χ4v) is 3.58. The molecule has 0 atom stereocenters. The van der Waals surface area contributed by atoms with E-state index in [0.29, 0.717) is 0 Å². The van der Waals surface area contributed by atoms with E-state index in [1.54, 1.807) is 11.8 Å². The second-order valence-corrected chi connectivity index (χ2v) is 7.01. The summed E-state index contributed by atoms with van der Waals surface area (Å²) in [5, 5.41) is 10.6. The summed E-state index contributed by atoms with van der Waals surface area (Å²) < 4.78 is 2.24. The molecule has 0 amide bonds. The van der Waals surface area contributed by atoms with Crippen LogP contribution in [0.5, 0.6) is 0 Å². The van der Waals surface area contributed by atoms with Gasteiger partial charge in [0, 0.05) is 23.7 Å². The first-order chi connectivity index (χ1) is 11.8. The zero-order chi connectivity index (χ0) is 16.8. The van der Waals surface area contributed by atoms with Crippen molar-refractivity contribution in [2.75, 3.05) is 0 Å². The topological polar surface area (TPSA) is 30.7 Å². The summed E-state index contributed by atoms with van der Waals surface area (Å²) in [6.07, 6.45) is 1.88. The van der Waals surface area contributed by atoms with Crippen LogP contribution in [0.25, 0.3) is 0 Å². The van der Waals surface area contributed by atoms with E-state index < -0.39 is 0 Å². The average Bonchev–Trinajstić information content (AvgIpc) is 2.98. The maximum atomic E-state index is 5.94. The van der Waals surface area contributed by atoms with Gasteiger partial charge in [-0.25, -0.2) is 0 Å². The third kappa shape index (κ3) is 4.40. The highest BCUT2D eigenvalue weighted by atomic mass is 35.5. The van der Waals surface area contributed by atoms with Gasteiger partial charge >= 0.3 is 0 Å². The molecule has 1 aromatic heterocycles. The van der Waals surface area contributed by atoms with E-state index in [-0.39, 0.29) is 0 Å². The van der Waals surface area contributed by atoms with Crippen LogP contribution in [0.15, 0.2) is 59.8 Å². The van der Waals surface area contributed by atoms with E-state index in [4.69, 9.17) is 11.6 Å². The van der Waals surface area contributed by atoms with E-state index >= 15 is 0 Å². The summed E-state index contributed by atoms with van der Waals surface area (Å²) >= 11 is 7.67. The first-order valence-electron chi connectivity index (χ1n) is 8.09. The van der Waals surface area contributed by atoms with Crippen molar-refractivity contribution in [1.82, 2.24) is 14.8 Å². The molecule has 0 spiro atoms. The highest BCUT2D eigenvalue weighted by Crippen LogP contribution is 2.24. The van der Waals surface area contributed by atoms with Crippen LogP contribution in [-0.4, -0.2) is 14.8 Å². The van der Waals surface area contributed by atoms with Gasteiger partial charge in [-0.15, -0.1) is 10.2 Å². The maximum Gasteiger partial charge on any atom is 0.191 e. The molecule has 0 saturated heterocycles. The van der Waals surface area contributed by atoms with Crippen molar-refractivity contribution >= 4 is 23.4 Å². The summed E-state index contributed by atoms with van der Waals surface area (Å²) in [7, 11) is 0. The minimum Gasteiger partial charge on any atom is -0.306 e. The Labute approximate surface area is 152 Å². The van der Waals surface area contributed by atoms with Gasteiger partial charge in [-0.2, -0.15) is 0 Å². The van der Waals surface area contributed by atoms with E-state index in [2.05, 4.69) is 58.1 Å². The Morgan fingerprint density at radius 3 is 2.42 bits per heavy atom. The normalized spacial score (nSPS) is 10.9. The van der Waals surface area contributed by atoms with Gasteiger partial charge < -0.3 is 4.57 Å². The van der Waals surface area contributed by atoms with Gasteiger partial charge in [0.1, 0.15) is 5.82 Å². The Hall–Kier alpha value is -1.78. The van der Waals surface area contributed by atoms with Crippen LogP contribution in [0.1, 0.15) is 30.3 Å². The smallest absolute Gasteiger partial charge is 0.191 e. The number of rotatable bonds is 7. The predicted octanol–water partition coefficient (Wildman–Crippen LogP) is 5.22. The van der Waals surface area contributed by atoms with E-state index in [1.165, 1.54) is 11.1 Å². The molecule has 0 aliphatic rings. The van der Waals surface area contributed by atoms with Crippen LogP contribution in [0.3, 0.4) is 0 Å². The summed E-state index contributed by atoms with van der Waals surface area (Å²) in [5.74, 6) is 1.89. The molecule has 124 valence electrons. The van der Waals surface area contributed by atoms with Crippen LogP contribution in [0.2, 0.25) is 5.02 Å². The minimum atomic E-state index is 0.767. The van der Waals surface area contributed by atoms with Crippen molar-refractivity contribution in [3.05, 3.63) is 76.6 Å². The number of benzene rings is 2. The largest absolute Gasteiger partial charge is 0.306 e. The second-order valence-electron chi connectivity index (χ2n) is 5.63. The van der Waals surface area contributed by atoms with Crippen molar-refractivity contribution in [2.45, 2.75) is 37.2 Å². The Bertz CT molecular complexity index is 769. The number of hydrogen-bond acceptors (Lipinski definition) is 3. The molecule has 0 fully saturated rings. The summed E-state index contributed by atoms with van der Waals surface area (Å²) in [4.78, 5) is 0. The van der Waals surface area contributed by atoms with Gasteiger partial charge in [0.25, 0.3) is 0 Å². The molecule has 0 unspecified atom stereocenters. The highest BCUT2D eigenvalue weighted by molar-refractivity contribution is 7.98. The lowest BCUT2D eigenvalue weighted by molar-refractivity contribution is 0.598. The standard InChI is InChI=1S/C19H20ClN3S/c1-2-12-23-18(13-15-6-4-3-5-7-15)21-22-19(23)24-14-16-8-10-17(20)11-9-16/h3-11H,2,12-14H2,1H3. The fourth-order valence-electron chi connectivity index (χ4n) is 2.51. The second kappa shape index (κ2) is 8.36. The summed E-state index contributed by atoms with van der Waals surface area (Å²) in [6.45, 7) is 3.12. The molecule has 3 nitrogen and oxygen atoms in total.